The third-order valence-corrected chi connectivity index (χ3v) is 17.5. The third kappa shape index (κ3) is 20.8. The fraction of sp³-hybridized carbons (Fsp3) is 0.221. The highest BCUT2D eigenvalue weighted by atomic mass is 32.1. The van der Waals surface area contributed by atoms with Crippen LogP contribution in [-0.2, 0) is 24.0 Å². The monoisotopic (exact) mass is 1400 g/mol. The van der Waals surface area contributed by atoms with Crippen LogP contribution in [0.25, 0.3) is 10.7 Å². The molecule has 0 saturated carbocycles. The summed E-state index contributed by atoms with van der Waals surface area (Å²) in [6.45, 7) is 11.5. The summed E-state index contributed by atoms with van der Waals surface area (Å²) in [6.07, 6.45) is 16.5. The number of nitrogens with one attached hydrogen (secondary N) is 1. The topological polar surface area (TPSA) is 331 Å². The predicted molar refractivity (Wildman–Crippen MR) is 388 cm³/mol. The minimum Gasteiger partial charge on any atom is -0.481 e. The van der Waals surface area contributed by atoms with E-state index in [0.717, 1.165) is 67.1 Å². The van der Waals surface area contributed by atoms with E-state index in [-0.39, 0.29) is 61.6 Å². The van der Waals surface area contributed by atoms with Gasteiger partial charge in [-0.05, 0) is 101 Å². The average molecular weight is 1400 g/mol. The Balaban J connectivity index is 0.000000163. The minimum absolute atomic E-state index is 0.0265. The Morgan fingerprint density at radius 1 is 0.500 bits per heavy atom. The van der Waals surface area contributed by atoms with E-state index in [4.69, 9.17) is 15.3 Å². The maximum Gasteiger partial charge on any atom is 0.381 e. The quantitative estimate of drug-likeness (QED) is 0.0229. The summed E-state index contributed by atoms with van der Waals surface area (Å²) in [5.74, 6) is -2.60. The Bertz CT molecular complexity index is 4580. The number of rotatable bonds is 25. The molecule has 6 N–H and O–H groups in total. The Kier molecular flexibility index (Phi) is 26.9. The van der Waals surface area contributed by atoms with Crippen molar-refractivity contribution in [3.05, 3.63) is 311 Å². The van der Waals surface area contributed by atoms with E-state index in [2.05, 4.69) is 44.1 Å². The molecule has 12 rings (SSSR count). The molecule has 5 atom stereocenters. The number of carboxylic acids is 5. The number of para-hydroxylation sites is 1. The molecule has 5 unspecified atom stereocenters. The number of aromatic nitrogens is 10. The predicted octanol–water partition coefficient (Wildman–Crippen LogP) is 15.5. The summed E-state index contributed by atoms with van der Waals surface area (Å²) in [7, 11) is 0. The number of benzene rings is 6. The fourth-order valence-electron chi connectivity index (χ4n) is 11.4. The van der Waals surface area contributed by atoms with Crippen LogP contribution in [0.4, 0.5) is 17.2 Å². The van der Waals surface area contributed by atoms with Gasteiger partial charge in [0.05, 0.1) is 84.5 Å². The lowest BCUT2D eigenvalue weighted by Gasteiger charge is -2.32. The summed E-state index contributed by atoms with van der Waals surface area (Å²) >= 11 is 1.60. The molecule has 0 aliphatic heterocycles. The highest BCUT2D eigenvalue weighted by Crippen LogP contribution is 2.38. The number of carboxylic acid groups (broad SMARTS) is 5. The lowest BCUT2D eigenvalue weighted by atomic mass is 9.80. The van der Waals surface area contributed by atoms with Crippen LogP contribution in [0.1, 0.15) is 135 Å². The maximum atomic E-state index is 11.8. The van der Waals surface area contributed by atoms with Gasteiger partial charge in [0.15, 0.2) is 5.82 Å². The molecule has 0 aliphatic carbocycles. The summed E-state index contributed by atoms with van der Waals surface area (Å²) in [6, 6.07) is 58.1. The first-order chi connectivity index (χ1) is 49.0. The summed E-state index contributed by atoms with van der Waals surface area (Å²) in [4.78, 5) is 87.8. The molecule has 25 heteroatoms. The molecule has 6 aromatic carbocycles. The summed E-state index contributed by atoms with van der Waals surface area (Å²) in [5, 5.41) is 62.0. The molecule has 12 aromatic rings. The molecule has 0 radical (unpaired) electrons. The Labute approximate surface area is 593 Å². The zero-order valence-corrected chi connectivity index (χ0v) is 57.8. The van der Waals surface area contributed by atoms with Gasteiger partial charge in [0, 0.05) is 60.2 Å². The Morgan fingerprint density at radius 3 is 1.39 bits per heavy atom. The minimum atomic E-state index is -0.981. The second-order valence-corrected chi connectivity index (χ2v) is 25.3. The van der Waals surface area contributed by atoms with Crippen molar-refractivity contribution < 1.29 is 54.4 Å². The Morgan fingerprint density at radius 2 is 0.961 bits per heavy atom. The first kappa shape index (κ1) is 75.4. The standard InChI is InChI=1S/C20H21N3O2.C16H14N2O2S.C15H18N2O2.C14H16N2O2.C12H11N3O4/c1-20(2,19(24)25)18(23-13-12-21-14-23)15-8-10-17(11-9-15)22-16-6-4-3-5-7-16;19-15(20)11-13(12-5-2-1-3-6-12)18-9-8-17-16(18)14-7-4-10-21-14;1-11(2)15-16-8-9-17(15)13(10-14(18)19)12-6-4-3-5-7-12;1-10-11(2)16(9-15-10)13(8-14(17)18)12-6-4-3-5-7-12;16-12(17)6-10(9-4-2-1-3-5-9)14-7-11(13-8-14)15(18)19/h3-14,18,22H,1-2H3,(H,24,25);1-10,13H,11H2,(H,19,20);3-9,11,13H,10H2,1-2H3,(H,18,19);3-7,9,13H,8H2,1-2H3,(H,17,18);1-5,7-8,10H,6H2,(H,16,17). The normalized spacial score (nSPS) is 12.3. The number of aryl methyl sites for hydroxylation is 1. The van der Waals surface area contributed by atoms with Crippen LogP contribution in [0, 0.1) is 29.4 Å². The van der Waals surface area contributed by atoms with E-state index in [0.29, 0.717) is 0 Å². The van der Waals surface area contributed by atoms with Crippen LogP contribution >= 0.6 is 11.3 Å². The number of imidazole rings is 5. The lowest BCUT2D eigenvalue weighted by molar-refractivity contribution is -0.389. The smallest absolute Gasteiger partial charge is 0.381 e. The Hall–Kier alpha value is -12.4. The van der Waals surface area contributed by atoms with Crippen molar-refractivity contribution in [2.45, 2.75) is 103 Å². The third-order valence-electron chi connectivity index (χ3n) is 16.6. The molecule has 24 nitrogen and oxygen atoms in total. The van der Waals surface area contributed by atoms with Crippen LogP contribution in [0.5, 0.6) is 0 Å². The van der Waals surface area contributed by atoms with Gasteiger partial charge in [-0.1, -0.05) is 172 Å². The zero-order chi connectivity index (χ0) is 73.3. The van der Waals surface area contributed by atoms with Crippen LogP contribution in [-0.4, -0.2) is 108 Å². The number of thiophene rings is 1. The first-order valence-corrected chi connectivity index (χ1v) is 33.4. The van der Waals surface area contributed by atoms with E-state index in [1.54, 1.807) is 86.9 Å². The number of hydrogen-bond acceptors (Lipinski definition) is 14. The summed E-state index contributed by atoms with van der Waals surface area (Å²) in [5.41, 5.74) is 7.54. The van der Waals surface area contributed by atoms with Crippen LogP contribution in [0.2, 0.25) is 0 Å². The SMILES string of the molecule is CC(C)(C(=O)O)C(c1ccc(Nc2ccccc2)cc1)n1ccnc1.CC(C)c1nccn1C(CC(=O)O)c1ccccc1.Cc1ncn(C(CC(=O)O)c2ccccc2)c1C.O=C(O)CC(c1ccccc1)n1ccnc1-c1cccs1.O=C(O)CC(c1ccccc1)n1cnc([N+](=O)[O-])c1. The van der Waals surface area contributed by atoms with Gasteiger partial charge in [-0.15, -0.1) is 11.3 Å². The van der Waals surface area contributed by atoms with Crippen molar-refractivity contribution in [2.24, 2.45) is 5.41 Å². The van der Waals surface area contributed by atoms with Gasteiger partial charge in [0.1, 0.15) is 12.0 Å². The molecule has 0 spiro atoms. The summed E-state index contributed by atoms with van der Waals surface area (Å²) < 4.78 is 9.12. The zero-order valence-electron chi connectivity index (χ0n) is 57.0. The molecule has 0 saturated heterocycles. The van der Waals surface area contributed by atoms with E-state index in [9.17, 15) is 44.3 Å². The van der Waals surface area contributed by atoms with Gasteiger partial charge < -0.3 is 63.8 Å². The van der Waals surface area contributed by atoms with Crippen LogP contribution < -0.4 is 5.32 Å². The lowest BCUT2D eigenvalue weighted by Crippen LogP contribution is -2.35. The van der Waals surface area contributed by atoms with Gasteiger partial charge in [0.2, 0.25) is 6.33 Å². The largest absolute Gasteiger partial charge is 0.481 e. The molecule has 0 fully saturated rings. The highest BCUT2D eigenvalue weighted by molar-refractivity contribution is 7.13. The molecule has 0 aliphatic rings. The molecule has 0 amide bonds. The molecule has 6 aromatic heterocycles. The number of aliphatic carboxylic acids is 5. The van der Waals surface area contributed by atoms with Gasteiger partial charge in [-0.2, -0.15) is 0 Å². The second kappa shape index (κ2) is 36.5. The molecule has 0 bridgehead atoms. The van der Waals surface area contributed by atoms with Gasteiger partial charge in [-0.3, -0.25) is 24.0 Å². The molecule has 102 heavy (non-hydrogen) atoms. The average Bonchev–Trinajstić information content (AvgIpc) is 1.35. The number of anilines is 2. The van der Waals surface area contributed by atoms with E-state index in [1.165, 1.54) is 17.1 Å². The van der Waals surface area contributed by atoms with Crippen LogP contribution in [0.3, 0.4) is 0 Å². The van der Waals surface area contributed by atoms with Crippen molar-refractivity contribution in [1.82, 2.24) is 47.8 Å². The first-order valence-electron chi connectivity index (χ1n) is 32.5. The van der Waals surface area contributed by atoms with Crippen molar-refractivity contribution in [3.8, 4) is 10.7 Å². The van der Waals surface area contributed by atoms with E-state index in [1.807, 2.05) is 214 Å². The van der Waals surface area contributed by atoms with Crippen molar-refractivity contribution in [3.63, 3.8) is 0 Å². The number of carbonyl (C=O) groups is 5. The molecular formula is C77H80N12O12S. The van der Waals surface area contributed by atoms with E-state index < -0.39 is 46.2 Å². The van der Waals surface area contributed by atoms with Gasteiger partial charge in [0.25, 0.3) is 0 Å². The molecule has 6 heterocycles. The number of nitrogens with zero attached hydrogens (tertiary/aromatic N) is 11. The fourth-order valence-corrected chi connectivity index (χ4v) is 12.2. The van der Waals surface area contributed by atoms with Crippen molar-refractivity contribution >= 4 is 58.4 Å². The second-order valence-electron chi connectivity index (χ2n) is 24.4. The van der Waals surface area contributed by atoms with Gasteiger partial charge in [-0.25, -0.2) is 19.9 Å². The molecular weight excluding hydrogens is 1320 g/mol. The maximum absolute atomic E-state index is 11.8. The van der Waals surface area contributed by atoms with E-state index >= 15 is 0 Å². The van der Waals surface area contributed by atoms with Crippen LogP contribution in [0.15, 0.2) is 256 Å². The number of hydrogen-bond donors (Lipinski definition) is 6. The molecule has 526 valence electrons. The number of nitro groups is 1. The van der Waals surface area contributed by atoms with Crippen molar-refractivity contribution in [1.29, 1.82) is 0 Å². The van der Waals surface area contributed by atoms with Crippen molar-refractivity contribution in [2.75, 3.05) is 5.32 Å². The highest BCUT2D eigenvalue weighted by Gasteiger charge is 2.39. The van der Waals surface area contributed by atoms with Gasteiger partial charge >= 0.3 is 35.7 Å².